The van der Waals surface area contributed by atoms with Gasteiger partial charge in [-0.25, -0.2) is 4.98 Å². The van der Waals surface area contributed by atoms with Crippen LogP contribution in [0.15, 0.2) is 24.3 Å². The number of anilines is 1. The first kappa shape index (κ1) is 15.0. The molecular weight excluding hydrogens is 298 g/mol. The van der Waals surface area contributed by atoms with Crippen LogP contribution < -0.4 is 5.32 Å². The van der Waals surface area contributed by atoms with Gasteiger partial charge in [0, 0.05) is 13.0 Å². The van der Waals surface area contributed by atoms with Crippen LogP contribution in [-0.2, 0) is 9.59 Å². The molecule has 1 aliphatic rings. The van der Waals surface area contributed by atoms with Crippen LogP contribution in [0.25, 0.3) is 10.2 Å². The fourth-order valence-corrected chi connectivity index (χ4v) is 3.68. The molecule has 2 heterocycles. The molecule has 1 N–H and O–H groups in total. The zero-order chi connectivity index (χ0) is 15.5. The average Bonchev–Trinajstić information content (AvgIpc) is 3.13. The highest BCUT2D eigenvalue weighted by atomic mass is 32.1. The normalized spacial score (nSPS) is 17.9. The molecule has 0 bridgehead atoms. The average molecular weight is 317 g/mol. The number of nitrogens with zero attached hydrogens (tertiary/aromatic N) is 2. The van der Waals surface area contributed by atoms with Crippen LogP contribution in [-0.4, -0.2) is 34.3 Å². The minimum Gasteiger partial charge on any atom is -0.331 e. The summed E-state index contributed by atoms with van der Waals surface area (Å²) < 4.78 is 1.04. The molecule has 1 aromatic heterocycles. The summed E-state index contributed by atoms with van der Waals surface area (Å²) in [6, 6.07) is 7.43. The third-order valence-electron chi connectivity index (χ3n) is 3.86. The topological polar surface area (TPSA) is 62.3 Å². The maximum atomic E-state index is 12.5. The number of benzene rings is 1. The Kier molecular flexibility index (Phi) is 4.38. The van der Waals surface area contributed by atoms with Gasteiger partial charge in [-0.05, 0) is 31.4 Å². The molecule has 1 unspecified atom stereocenters. The fourth-order valence-electron chi connectivity index (χ4n) is 2.81. The van der Waals surface area contributed by atoms with Crippen LogP contribution in [0.5, 0.6) is 0 Å². The molecule has 1 saturated heterocycles. The molecule has 0 radical (unpaired) electrons. The van der Waals surface area contributed by atoms with E-state index in [4.69, 9.17) is 0 Å². The van der Waals surface area contributed by atoms with Gasteiger partial charge >= 0.3 is 0 Å². The highest BCUT2D eigenvalue weighted by molar-refractivity contribution is 7.22. The van der Waals surface area contributed by atoms with Gasteiger partial charge in [-0.2, -0.15) is 0 Å². The van der Waals surface area contributed by atoms with Crippen molar-refractivity contribution in [2.75, 3.05) is 11.9 Å². The molecule has 1 fully saturated rings. The molecule has 6 heteroatoms. The third-order valence-corrected chi connectivity index (χ3v) is 4.82. The third kappa shape index (κ3) is 2.97. The first-order chi connectivity index (χ1) is 10.7. The van der Waals surface area contributed by atoms with E-state index in [-0.39, 0.29) is 17.9 Å². The lowest BCUT2D eigenvalue weighted by Crippen LogP contribution is -2.43. The van der Waals surface area contributed by atoms with E-state index < -0.39 is 0 Å². The van der Waals surface area contributed by atoms with Crippen molar-refractivity contribution in [1.82, 2.24) is 9.88 Å². The largest absolute Gasteiger partial charge is 0.331 e. The van der Waals surface area contributed by atoms with E-state index >= 15 is 0 Å². The van der Waals surface area contributed by atoms with Crippen molar-refractivity contribution < 1.29 is 9.59 Å². The fraction of sp³-hybridized carbons (Fsp3) is 0.438. The van der Waals surface area contributed by atoms with Gasteiger partial charge in [-0.1, -0.05) is 30.4 Å². The maximum absolute atomic E-state index is 12.5. The van der Waals surface area contributed by atoms with Crippen LogP contribution >= 0.6 is 11.3 Å². The van der Waals surface area contributed by atoms with E-state index in [1.54, 1.807) is 4.90 Å². The lowest BCUT2D eigenvalue weighted by molar-refractivity contribution is -0.136. The van der Waals surface area contributed by atoms with Gasteiger partial charge in [0.15, 0.2) is 5.13 Å². The first-order valence-electron chi connectivity index (χ1n) is 7.65. The Balaban J connectivity index is 1.71. The highest BCUT2D eigenvalue weighted by Gasteiger charge is 2.33. The van der Waals surface area contributed by atoms with E-state index in [1.165, 1.54) is 11.3 Å². The van der Waals surface area contributed by atoms with Gasteiger partial charge in [0.2, 0.25) is 11.8 Å². The summed E-state index contributed by atoms with van der Waals surface area (Å²) in [5.74, 6) is -0.0505. The van der Waals surface area contributed by atoms with Gasteiger partial charge < -0.3 is 10.2 Å². The minimum atomic E-state index is -0.355. The number of para-hydroxylation sites is 1. The van der Waals surface area contributed by atoms with E-state index in [1.807, 2.05) is 31.2 Å². The van der Waals surface area contributed by atoms with Crippen molar-refractivity contribution in [1.29, 1.82) is 0 Å². The standard InChI is InChI=1S/C16H19N3O2S/c1-2-6-14(20)19-10-5-8-12(19)15(21)18-16-17-11-7-3-4-9-13(11)22-16/h3-4,7,9,12H,2,5-6,8,10H2,1H3,(H,17,18,21). The number of amides is 2. The van der Waals surface area contributed by atoms with Crippen molar-refractivity contribution in [2.24, 2.45) is 0 Å². The van der Waals surface area contributed by atoms with Crippen molar-refractivity contribution in [3.63, 3.8) is 0 Å². The molecule has 3 rings (SSSR count). The second-order valence-corrected chi connectivity index (χ2v) is 6.50. The Morgan fingerprint density at radius 1 is 1.41 bits per heavy atom. The molecule has 116 valence electrons. The lowest BCUT2D eigenvalue weighted by atomic mass is 10.2. The Morgan fingerprint density at radius 2 is 2.23 bits per heavy atom. The smallest absolute Gasteiger partial charge is 0.248 e. The van der Waals surface area contributed by atoms with Gasteiger partial charge in [0.25, 0.3) is 0 Å². The zero-order valence-corrected chi connectivity index (χ0v) is 13.4. The van der Waals surface area contributed by atoms with Crippen molar-refractivity contribution in [3.8, 4) is 0 Å². The number of fused-ring (bicyclic) bond motifs is 1. The van der Waals surface area contributed by atoms with Crippen LogP contribution in [0.4, 0.5) is 5.13 Å². The van der Waals surface area contributed by atoms with E-state index in [0.717, 1.165) is 29.5 Å². The van der Waals surface area contributed by atoms with Crippen LogP contribution in [0.2, 0.25) is 0 Å². The molecule has 1 aromatic carbocycles. The Morgan fingerprint density at radius 3 is 3.00 bits per heavy atom. The van der Waals surface area contributed by atoms with Crippen LogP contribution in [0, 0.1) is 0 Å². The zero-order valence-electron chi connectivity index (χ0n) is 12.5. The van der Waals surface area contributed by atoms with Gasteiger partial charge in [-0.15, -0.1) is 0 Å². The number of likely N-dealkylation sites (tertiary alicyclic amines) is 1. The van der Waals surface area contributed by atoms with E-state index in [0.29, 0.717) is 18.1 Å². The summed E-state index contributed by atoms with van der Waals surface area (Å²) in [7, 11) is 0. The van der Waals surface area contributed by atoms with Crippen LogP contribution in [0.3, 0.4) is 0 Å². The second-order valence-electron chi connectivity index (χ2n) is 5.47. The summed E-state index contributed by atoms with van der Waals surface area (Å²) in [5, 5.41) is 3.47. The number of carbonyl (C=O) groups excluding carboxylic acids is 2. The number of rotatable bonds is 4. The molecular formula is C16H19N3O2S. The van der Waals surface area contributed by atoms with E-state index in [9.17, 15) is 9.59 Å². The van der Waals surface area contributed by atoms with Gasteiger partial charge in [0.05, 0.1) is 10.2 Å². The van der Waals surface area contributed by atoms with Crippen LogP contribution in [0.1, 0.15) is 32.6 Å². The highest BCUT2D eigenvalue weighted by Crippen LogP contribution is 2.27. The van der Waals surface area contributed by atoms with Gasteiger partial charge in [0.1, 0.15) is 6.04 Å². The lowest BCUT2D eigenvalue weighted by Gasteiger charge is -2.23. The number of carbonyl (C=O) groups is 2. The summed E-state index contributed by atoms with van der Waals surface area (Å²) in [5.41, 5.74) is 0.883. The van der Waals surface area contributed by atoms with Crippen molar-refractivity contribution in [2.45, 2.75) is 38.6 Å². The molecule has 5 nitrogen and oxygen atoms in total. The first-order valence-corrected chi connectivity index (χ1v) is 8.46. The minimum absolute atomic E-state index is 0.0736. The molecule has 0 spiro atoms. The van der Waals surface area contributed by atoms with E-state index in [2.05, 4.69) is 10.3 Å². The second kappa shape index (κ2) is 6.44. The number of thiazole rings is 1. The summed E-state index contributed by atoms with van der Waals surface area (Å²) in [6.07, 6.45) is 2.92. The molecule has 1 atom stereocenters. The predicted molar refractivity (Wildman–Crippen MR) is 87.9 cm³/mol. The Hall–Kier alpha value is -1.95. The molecule has 2 aromatic rings. The quantitative estimate of drug-likeness (QED) is 0.943. The van der Waals surface area contributed by atoms with Gasteiger partial charge in [-0.3, -0.25) is 9.59 Å². The monoisotopic (exact) mass is 317 g/mol. The summed E-state index contributed by atoms with van der Waals surface area (Å²) in [4.78, 5) is 30.7. The maximum Gasteiger partial charge on any atom is 0.248 e. The molecule has 0 aliphatic carbocycles. The molecule has 22 heavy (non-hydrogen) atoms. The number of aromatic nitrogens is 1. The Bertz CT molecular complexity index is 665. The predicted octanol–water partition coefficient (Wildman–Crippen LogP) is 3.03. The Labute approximate surface area is 133 Å². The molecule has 0 saturated carbocycles. The summed E-state index contributed by atoms with van der Waals surface area (Å²) >= 11 is 1.46. The molecule has 2 amide bonds. The van der Waals surface area contributed by atoms with Crippen molar-refractivity contribution in [3.05, 3.63) is 24.3 Å². The SMILES string of the molecule is CCCC(=O)N1CCCC1C(=O)Nc1nc2ccccc2s1. The van der Waals surface area contributed by atoms with Crippen molar-refractivity contribution >= 4 is 38.5 Å². The number of nitrogens with one attached hydrogen (secondary N) is 1. The molecule has 1 aliphatic heterocycles. The number of hydrogen-bond acceptors (Lipinski definition) is 4. The number of hydrogen-bond donors (Lipinski definition) is 1. The summed E-state index contributed by atoms with van der Waals surface area (Å²) in [6.45, 7) is 2.65.